The molecule has 176 valence electrons. The Morgan fingerprint density at radius 3 is 2.56 bits per heavy atom. The maximum atomic E-state index is 13.2. The predicted molar refractivity (Wildman–Crippen MR) is 120 cm³/mol. The van der Waals surface area contributed by atoms with Gasteiger partial charge in [0.25, 0.3) is 0 Å². The van der Waals surface area contributed by atoms with Crippen LogP contribution >= 0.6 is 11.8 Å². The maximum Gasteiger partial charge on any atom is 0.406 e. The van der Waals surface area contributed by atoms with Crippen molar-refractivity contribution in [3.8, 4) is 11.4 Å². The molecule has 3 heterocycles. The Hall–Kier alpha value is -3.60. The molecule has 0 saturated heterocycles. The number of pyridine rings is 1. The molecule has 0 N–H and O–H groups in total. The van der Waals surface area contributed by atoms with Crippen LogP contribution in [0.15, 0.2) is 82.8 Å². The molecule has 0 radical (unpaired) electrons. The van der Waals surface area contributed by atoms with Gasteiger partial charge >= 0.3 is 6.18 Å². The van der Waals surface area contributed by atoms with Gasteiger partial charge in [0.2, 0.25) is 5.91 Å². The second-order valence-corrected chi connectivity index (χ2v) is 8.30. The smallest absolute Gasteiger partial charge is 0.406 e. The lowest BCUT2D eigenvalue weighted by Crippen LogP contribution is -2.39. The molecule has 0 spiro atoms. The van der Waals surface area contributed by atoms with Gasteiger partial charge in [-0.1, -0.05) is 42.1 Å². The van der Waals surface area contributed by atoms with Crippen molar-refractivity contribution in [3.63, 3.8) is 0 Å². The summed E-state index contributed by atoms with van der Waals surface area (Å²) in [6.07, 6.45) is 0.292. The summed E-state index contributed by atoms with van der Waals surface area (Å²) in [5.74, 6) is 0.269. The van der Waals surface area contributed by atoms with Gasteiger partial charge in [0.15, 0.2) is 11.0 Å². The van der Waals surface area contributed by atoms with Gasteiger partial charge in [-0.15, -0.1) is 10.2 Å². The zero-order valence-corrected chi connectivity index (χ0v) is 18.7. The van der Waals surface area contributed by atoms with Crippen molar-refractivity contribution >= 4 is 17.7 Å². The van der Waals surface area contributed by atoms with E-state index < -0.39 is 18.6 Å². The number of thioether (sulfide) groups is 1. The number of rotatable bonds is 9. The second-order valence-electron chi connectivity index (χ2n) is 7.35. The standard InChI is InChI=1S/C23H20F3N5O2S/c24-23(25,26)16-30(13-17-6-2-1-3-7-17)20(32)15-34-22-29-28-21(18-8-4-10-27-12-18)31(22)14-19-9-5-11-33-19/h1-12H,13-16H2. The van der Waals surface area contributed by atoms with E-state index in [1.165, 1.54) is 0 Å². The summed E-state index contributed by atoms with van der Waals surface area (Å²) in [5, 5.41) is 8.78. The summed E-state index contributed by atoms with van der Waals surface area (Å²) in [5.41, 5.74) is 1.33. The minimum absolute atomic E-state index is 0.139. The van der Waals surface area contributed by atoms with Crippen molar-refractivity contribution in [1.29, 1.82) is 0 Å². The van der Waals surface area contributed by atoms with Gasteiger partial charge < -0.3 is 9.32 Å². The molecule has 0 aliphatic rings. The molecule has 0 aliphatic carbocycles. The minimum Gasteiger partial charge on any atom is -0.467 e. The number of benzene rings is 1. The molecular formula is C23H20F3N5O2S. The number of alkyl halides is 3. The fraction of sp³-hybridized carbons (Fsp3) is 0.217. The van der Waals surface area contributed by atoms with Crippen LogP contribution < -0.4 is 0 Å². The fourth-order valence-corrected chi connectivity index (χ4v) is 4.12. The zero-order chi connectivity index (χ0) is 24.0. The van der Waals surface area contributed by atoms with Crippen molar-refractivity contribution in [2.75, 3.05) is 12.3 Å². The lowest BCUT2D eigenvalue weighted by molar-refractivity contribution is -0.160. The third kappa shape index (κ3) is 6.25. The van der Waals surface area contributed by atoms with Crippen LogP contribution in [-0.4, -0.2) is 49.0 Å². The van der Waals surface area contributed by atoms with Gasteiger partial charge in [-0.25, -0.2) is 0 Å². The lowest BCUT2D eigenvalue weighted by atomic mass is 10.2. The van der Waals surface area contributed by atoms with Gasteiger partial charge in [-0.05, 0) is 29.8 Å². The Bertz CT molecular complexity index is 1200. The molecule has 0 atom stereocenters. The van der Waals surface area contributed by atoms with Gasteiger partial charge in [0, 0.05) is 24.5 Å². The molecular weight excluding hydrogens is 467 g/mol. The number of carbonyl (C=O) groups excluding carboxylic acids is 1. The summed E-state index contributed by atoms with van der Waals surface area (Å²) >= 11 is 1.03. The Morgan fingerprint density at radius 2 is 1.88 bits per heavy atom. The molecule has 0 fully saturated rings. The summed E-state index contributed by atoms with van der Waals surface area (Å²) in [4.78, 5) is 17.7. The highest BCUT2D eigenvalue weighted by atomic mass is 32.2. The van der Waals surface area contributed by atoms with Crippen molar-refractivity contribution in [1.82, 2.24) is 24.6 Å². The average Bonchev–Trinajstić information content (AvgIpc) is 3.48. The van der Waals surface area contributed by atoms with E-state index in [2.05, 4.69) is 15.2 Å². The molecule has 4 aromatic rings. The van der Waals surface area contributed by atoms with E-state index in [4.69, 9.17) is 4.42 Å². The fourth-order valence-electron chi connectivity index (χ4n) is 3.28. The topological polar surface area (TPSA) is 77.0 Å². The summed E-state index contributed by atoms with van der Waals surface area (Å²) in [6.45, 7) is -1.18. The van der Waals surface area contributed by atoms with Gasteiger partial charge in [-0.2, -0.15) is 13.2 Å². The molecule has 3 aromatic heterocycles. The largest absolute Gasteiger partial charge is 0.467 e. The van der Waals surface area contributed by atoms with Crippen molar-refractivity contribution < 1.29 is 22.4 Å². The van der Waals surface area contributed by atoms with Crippen LogP contribution in [0.1, 0.15) is 11.3 Å². The quantitative estimate of drug-likeness (QED) is 0.320. The SMILES string of the molecule is O=C(CSc1nnc(-c2cccnc2)n1Cc1ccco1)N(Cc1ccccc1)CC(F)(F)F. The van der Waals surface area contributed by atoms with E-state index in [1.54, 1.807) is 71.8 Å². The van der Waals surface area contributed by atoms with Crippen LogP contribution in [0.4, 0.5) is 13.2 Å². The zero-order valence-electron chi connectivity index (χ0n) is 17.9. The van der Waals surface area contributed by atoms with Gasteiger partial charge in [0.05, 0.1) is 18.6 Å². The number of nitrogens with zero attached hydrogens (tertiary/aromatic N) is 5. The van der Waals surface area contributed by atoms with Crippen molar-refractivity contribution in [3.05, 3.63) is 84.6 Å². The van der Waals surface area contributed by atoms with Gasteiger partial charge in [0.1, 0.15) is 12.3 Å². The Morgan fingerprint density at radius 1 is 1.06 bits per heavy atom. The molecule has 1 aromatic carbocycles. The van der Waals surface area contributed by atoms with E-state index in [0.717, 1.165) is 16.7 Å². The normalized spacial score (nSPS) is 11.5. The molecule has 0 aliphatic heterocycles. The van der Waals surface area contributed by atoms with Gasteiger partial charge in [-0.3, -0.25) is 14.3 Å². The van der Waals surface area contributed by atoms with Crippen molar-refractivity contribution in [2.45, 2.75) is 24.4 Å². The number of furan rings is 1. The molecule has 0 unspecified atom stereocenters. The maximum absolute atomic E-state index is 13.2. The molecule has 34 heavy (non-hydrogen) atoms. The first-order valence-corrected chi connectivity index (χ1v) is 11.2. The number of aromatic nitrogens is 4. The van der Waals surface area contributed by atoms with E-state index in [0.29, 0.717) is 27.9 Å². The monoisotopic (exact) mass is 487 g/mol. The number of carbonyl (C=O) groups is 1. The van der Waals surface area contributed by atoms with E-state index >= 15 is 0 Å². The highest BCUT2D eigenvalue weighted by Crippen LogP contribution is 2.26. The third-order valence-corrected chi connectivity index (χ3v) is 5.75. The number of amides is 1. The molecule has 7 nitrogen and oxygen atoms in total. The lowest BCUT2D eigenvalue weighted by Gasteiger charge is -2.24. The Labute approximate surface area is 197 Å². The average molecular weight is 488 g/mol. The van der Waals surface area contributed by atoms with Crippen LogP contribution in [0.2, 0.25) is 0 Å². The highest BCUT2D eigenvalue weighted by molar-refractivity contribution is 7.99. The Balaban J connectivity index is 1.54. The minimum atomic E-state index is -4.51. The molecule has 1 amide bonds. The second kappa shape index (κ2) is 10.6. The molecule has 0 saturated carbocycles. The summed E-state index contributed by atoms with van der Waals surface area (Å²) in [7, 11) is 0. The van der Waals surface area contributed by atoms with E-state index in [1.807, 2.05) is 6.07 Å². The first-order chi connectivity index (χ1) is 16.4. The van der Waals surface area contributed by atoms with Crippen LogP contribution in [0.25, 0.3) is 11.4 Å². The van der Waals surface area contributed by atoms with E-state index in [9.17, 15) is 18.0 Å². The summed E-state index contributed by atoms with van der Waals surface area (Å²) in [6, 6.07) is 15.7. The number of hydrogen-bond donors (Lipinski definition) is 0. The predicted octanol–water partition coefficient (Wildman–Crippen LogP) is 4.66. The van der Waals surface area contributed by atoms with Crippen LogP contribution in [0, 0.1) is 0 Å². The first-order valence-electron chi connectivity index (χ1n) is 10.3. The number of halogens is 3. The van der Waals surface area contributed by atoms with Crippen LogP contribution in [-0.2, 0) is 17.9 Å². The van der Waals surface area contributed by atoms with Crippen LogP contribution in [0.5, 0.6) is 0 Å². The third-order valence-electron chi connectivity index (χ3n) is 4.79. The summed E-state index contributed by atoms with van der Waals surface area (Å²) < 4.78 is 46.7. The molecule has 0 bridgehead atoms. The number of hydrogen-bond acceptors (Lipinski definition) is 6. The highest BCUT2D eigenvalue weighted by Gasteiger charge is 2.33. The molecule has 11 heteroatoms. The van der Waals surface area contributed by atoms with Crippen LogP contribution in [0.3, 0.4) is 0 Å². The Kier molecular flexibility index (Phi) is 7.31. The van der Waals surface area contributed by atoms with Crippen molar-refractivity contribution in [2.24, 2.45) is 0 Å². The first kappa shape index (κ1) is 23.6. The van der Waals surface area contributed by atoms with E-state index in [-0.39, 0.29) is 18.8 Å². The molecule has 4 rings (SSSR count).